The summed E-state index contributed by atoms with van der Waals surface area (Å²) < 4.78 is 5.96. The Morgan fingerprint density at radius 1 is 1.29 bits per heavy atom. The number of aromatic amines is 1. The van der Waals surface area contributed by atoms with Gasteiger partial charge >= 0.3 is 0 Å². The van der Waals surface area contributed by atoms with Crippen molar-refractivity contribution in [3.8, 4) is 0 Å². The molecule has 1 aromatic carbocycles. The van der Waals surface area contributed by atoms with Crippen LogP contribution in [0.5, 0.6) is 0 Å². The lowest BCUT2D eigenvalue weighted by Gasteiger charge is -2.35. The molecule has 90 valence electrons. The molecule has 0 radical (unpaired) electrons. The molecule has 3 rings (SSSR count). The van der Waals surface area contributed by atoms with E-state index in [2.05, 4.69) is 48.5 Å². The third-order valence-corrected chi connectivity index (χ3v) is 3.38. The fourth-order valence-electron chi connectivity index (χ4n) is 2.35. The van der Waals surface area contributed by atoms with Gasteiger partial charge in [-0.25, -0.2) is 0 Å². The second-order valence-electron chi connectivity index (χ2n) is 5.35. The number of morpholine rings is 1. The molecule has 0 saturated carbocycles. The molecule has 1 fully saturated rings. The summed E-state index contributed by atoms with van der Waals surface area (Å²) in [6, 6.07) is 8.36. The molecule has 1 aliphatic heterocycles. The lowest BCUT2D eigenvalue weighted by atomic mass is 10.0. The molecule has 3 heteroatoms. The Labute approximate surface area is 101 Å². The summed E-state index contributed by atoms with van der Waals surface area (Å²) in [5.41, 5.74) is 2.52. The highest BCUT2D eigenvalue weighted by Crippen LogP contribution is 2.29. The minimum Gasteiger partial charge on any atom is -0.370 e. The van der Waals surface area contributed by atoms with Gasteiger partial charge in [-0.15, -0.1) is 0 Å². The molecule has 3 nitrogen and oxygen atoms in total. The van der Waals surface area contributed by atoms with Gasteiger partial charge in [0, 0.05) is 34.7 Å². The summed E-state index contributed by atoms with van der Waals surface area (Å²) in [6.45, 7) is 5.95. The largest absolute Gasteiger partial charge is 0.370 e. The van der Waals surface area contributed by atoms with E-state index in [4.69, 9.17) is 4.74 Å². The highest BCUT2D eigenvalue weighted by Gasteiger charge is 2.28. The van der Waals surface area contributed by atoms with E-state index in [1.807, 2.05) is 6.07 Å². The number of ether oxygens (including phenoxy) is 1. The van der Waals surface area contributed by atoms with Gasteiger partial charge in [0.2, 0.25) is 0 Å². The monoisotopic (exact) mass is 230 g/mol. The molecule has 0 spiro atoms. The number of hydrogen-bond donors (Lipinski definition) is 2. The third kappa shape index (κ3) is 1.96. The summed E-state index contributed by atoms with van der Waals surface area (Å²) in [7, 11) is 0. The van der Waals surface area contributed by atoms with Crippen molar-refractivity contribution >= 4 is 10.9 Å². The molecular weight excluding hydrogens is 212 g/mol. The van der Waals surface area contributed by atoms with E-state index in [1.165, 1.54) is 16.5 Å². The van der Waals surface area contributed by atoms with Crippen LogP contribution in [-0.2, 0) is 4.74 Å². The maximum Gasteiger partial charge on any atom is 0.0970 e. The van der Waals surface area contributed by atoms with Crippen LogP contribution in [0.4, 0.5) is 0 Å². The van der Waals surface area contributed by atoms with Crippen molar-refractivity contribution in [2.45, 2.75) is 25.5 Å². The van der Waals surface area contributed by atoms with Gasteiger partial charge in [-0.2, -0.15) is 0 Å². The van der Waals surface area contributed by atoms with E-state index in [0.29, 0.717) is 0 Å². The molecule has 2 aromatic rings. The van der Waals surface area contributed by atoms with Crippen molar-refractivity contribution in [2.75, 3.05) is 13.2 Å². The van der Waals surface area contributed by atoms with Gasteiger partial charge in [0.1, 0.15) is 0 Å². The van der Waals surface area contributed by atoms with Crippen LogP contribution in [0.1, 0.15) is 25.5 Å². The molecule has 1 atom stereocenters. The molecule has 2 heterocycles. The smallest absolute Gasteiger partial charge is 0.0970 e. The van der Waals surface area contributed by atoms with Crippen molar-refractivity contribution in [3.63, 3.8) is 0 Å². The molecule has 0 bridgehead atoms. The number of rotatable bonds is 1. The number of benzene rings is 1. The molecule has 1 aromatic heterocycles. The Morgan fingerprint density at radius 2 is 2.12 bits per heavy atom. The van der Waals surface area contributed by atoms with Gasteiger partial charge in [0.25, 0.3) is 0 Å². The first kappa shape index (κ1) is 10.8. The number of fused-ring (bicyclic) bond motifs is 1. The molecule has 1 unspecified atom stereocenters. The fraction of sp³-hybridized carbons (Fsp3) is 0.429. The lowest BCUT2D eigenvalue weighted by molar-refractivity contribution is -0.0221. The van der Waals surface area contributed by atoms with Crippen LogP contribution in [0.3, 0.4) is 0 Å². The van der Waals surface area contributed by atoms with Crippen LogP contribution in [0, 0.1) is 0 Å². The zero-order chi connectivity index (χ0) is 11.9. The SMILES string of the molecule is CC1(C)COC(c2c[nH]c3ccccc23)CN1. The predicted molar refractivity (Wildman–Crippen MR) is 69.1 cm³/mol. The van der Waals surface area contributed by atoms with Crippen molar-refractivity contribution in [1.29, 1.82) is 0 Å². The van der Waals surface area contributed by atoms with E-state index < -0.39 is 0 Å². The molecule has 0 amide bonds. The summed E-state index contributed by atoms with van der Waals surface area (Å²) in [5, 5.41) is 4.79. The maximum atomic E-state index is 5.96. The quantitative estimate of drug-likeness (QED) is 0.790. The first-order chi connectivity index (χ1) is 8.16. The van der Waals surface area contributed by atoms with Gasteiger partial charge in [0.05, 0.1) is 12.7 Å². The summed E-state index contributed by atoms with van der Waals surface area (Å²) in [5.74, 6) is 0. The first-order valence-electron chi connectivity index (χ1n) is 6.08. The van der Waals surface area contributed by atoms with Crippen LogP contribution >= 0.6 is 0 Å². The van der Waals surface area contributed by atoms with Gasteiger partial charge in [-0.3, -0.25) is 0 Å². The van der Waals surface area contributed by atoms with Gasteiger partial charge in [-0.1, -0.05) is 18.2 Å². The van der Waals surface area contributed by atoms with Crippen LogP contribution in [-0.4, -0.2) is 23.7 Å². The molecule has 17 heavy (non-hydrogen) atoms. The van der Waals surface area contributed by atoms with Gasteiger partial charge in [-0.05, 0) is 19.9 Å². The van der Waals surface area contributed by atoms with Crippen molar-refractivity contribution in [3.05, 3.63) is 36.0 Å². The maximum absolute atomic E-state index is 5.96. The Hall–Kier alpha value is -1.32. The number of H-pyrrole nitrogens is 1. The molecular formula is C14H18N2O. The van der Waals surface area contributed by atoms with E-state index in [1.54, 1.807) is 0 Å². The Balaban J connectivity index is 1.90. The molecule has 2 N–H and O–H groups in total. The summed E-state index contributed by atoms with van der Waals surface area (Å²) in [6.07, 6.45) is 2.22. The standard InChI is InChI=1S/C14H18N2O/c1-14(2)9-17-13(8-16-14)11-7-15-12-6-4-3-5-10(11)12/h3-7,13,15-16H,8-9H2,1-2H3. The van der Waals surface area contributed by atoms with Crippen LogP contribution in [0.2, 0.25) is 0 Å². The van der Waals surface area contributed by atoms with Crippen LogP contribution < -0.4 is 5.32 Å². The molecule has 1 saturated heterocycles. The number of para-hydroxylation sites is 1. The predicted octanol–water partition coefficient (Wildman–Crippen LogP) is 2.61. The van der Waals surface area contributed by atoms with Crippen LogP contribution in [0.15, 0.2) is 30.5 Å². The van der Waals surface area contributed by atoms with E-state index in [9.17, 15) is 0 Å². The minimum absolute atomic E-state index is 0.0859. The van der Waals surface area contributed by atoms with Gasteiger partial charge in [0.15, 0.2) is 0 Å². The Morgan fingerprint density at radius 3 is 2.88 bits per heavy atom. The third-order valence-electron chi connectivity index (χ3n) is 3.38. The molecule has 0 aliphatic carbocycles. The minimum atomic E-state index is 0.0859. The van der Waals surface area contributed by atoms with E-state index in [-0.39, 0.29) is 11.6 Å². The average Bonchev–Trinajstić information content (AvgIpc) is 2.73. The summed E-state index contributed by atoms with van der Waals surface area (Å²) in [4.78, 5) is 3.30. The Kier molecular flexibility index (Phi) is 2.45. The number of hydrogen-bond acceptors (Lipinski definition) is 2. The fourth-order valence-corrected chi connectivity index (χ4v) is 2.35. The lowest BCUT2D eigenvalue weighted by Crippen LogP contribution is -2.50. The van der Waals surface area contributed by atoms with Gasteiger partial charge < -0.3 is 15.0 Å². The number of nitrogens with one attached hydrogen (secondary N) is 2. The zero-order valence-corrected chi connectivity index (χ0v) is 10.3. The highest BCUT2D eigenvalue weighted by molar-refractivity contribution is 5.83. The average molecular weight is 230 g/mol. The Bertz CT molecular complexity index is 520. The van der Waals surface area contributed by atoms with Crippen molar-refractivity contribution in [2.24, 2.45) is 0 Å². The van der Waals surface area contributed by atoms with Crippen molar-refractivity contribution in [1.82, 2.24) is 10.3 Å². The van der Waals surface area contributed by atoms with E-state index in [0.717, 1.165) is 13.2 Å². The highest BCUT2D eigenvalue weighted by atomic mass is 16.5. The normalized spacial score (nSPS) is 24.0. The second kappa shape index (κ2) is 3.86. The molecule has 1 aliphatic rings. The zero-order valence-electron chi connectivity index (χ0n) is 10.3. The number of aromatic nitrogens is 1. The van der Waals surface area contributed by atoms with Crippen LogP contribution in [0.25, 0.3) is 10.9 Å². The topological polar surface area (TPSA) is 37.0 Å². The second-order valence-corrected chi connectivity index (χ2v) is 5.35. The first-order valence-corrected chi connectivity index (χ1v) is 6.08. The van der Waals surface area contributed by atoms with E-state index >= 15 is 0 Å². The summed E-state index contributed by atoms with van der Waals surface area (Å²) >= 11 is 0. The van der Waals surface area contributed by atoms with Crippen molar-refractivity contribution < 1.29 is 4.74 Å².